The number of carboxylic acids is 1. The number of carbonyl (C=O) groups excluding carboxylic acids is 4. The van der Waals surface area contributed by atoms with Gasteiger partial charge in [-0.15, -0.1) is 0 Å². The Labute approximate surface area is 196 Å². The van der Waals surface area contributed by atoms with Crippen LogP contribution in [0.25, 0.3) is 0 Å². The summed E-state index contributed by atoms with van der Waals surface area (Å²) in [5.41, 5.74) is 5.55. The second-order valence-electron chi connectivity index (χ2n) is 9.05. The first-order valence-electron chi connectivity index (χ1n) is 10.5. The van der Waals surface area contributed by atoms with Crippen molar-refractivity contribution in [2.45, 2.75) is 58.2 Å². The minimum atomic E-state index is -1.23. The minimum Gasteiger partial charge on any atom is -0.481 e. The SMILES string of the molecule is CC(C)(C)C(NC(=O)c1ccc(N)c(Cl)c1)C(=O)N1CCC[C@H]1C(=O)N[C@H](C=O)CC(=O)O. The topological polar surface area (TPSA) is 159 Å². The maximum absolute atomic E-state index is 13.4. The Morgan fingerprint density at radius 3 is 2.48 bits per heavy atom. The monoisotopic (exact) mass is 480 g/mol. The zero-order valence-electron chi connectivity index (χ0n) is 18.8. The van der Waals surface area contributed by atoms with E-state index in [0.717, 1.165) is 0 Å². The van der Waals surface area contributed by atoms with Crippen LogP contribution < -0.4 is 16.4 Å². The third-order valence-electron chi connectivity index (χ3n) is 5.38. The van der Waals surface area contributed by atoms with Crippen LogP contribution in [-0.2, 0) is 19.2 Å². The van der Waals surface area contributed by atoms with Crippen LogP contribution in [0.5, 0.6) is 0 Å². The molecule has 180 valence electrons. The Hall–Kier alpha value is -3.14. The molecule has 1 saturated heterocycles. The predicted molar refractivity (Wildman–Crippen MR) is 122 cm³/mol. The summed E-state index contributed by atoms with van der Waals surface area (Å²) in [6, 6.07) is 1.37. The van der Waals surface area contributed by atoms with Crippen LogP contribution in [0.2, 0.25) is 5.02 Å². The van der Waals surface area contributed by atoms with E-state index in [1.807, 2.05) is 0 Å². The first kappa shape index (κ1) is 26.1. The molecule has 0 radical (unpaired) electrons. The molecule has 3 amide bonds. The van der Waals surface area contributed by atoms with Crippen LogP contribution in [0, 0.1) is 5.41 Å². The van der Waals surface area contributed by atoms with Gasteiger partial charge < -0.3 is 31.2 Å². The Morgan fingerprint density at radius 2 is 1.94 bits per heavy atom. The van der Waals surface area contributed by atoms with E-state index >= 15 is 0 Å². The Bertz CT molecular complexity index is 945. The number of carboxylic acid groups (broad SMARTS) is 1. The van der Waals surface area contributed by atoms with Crippen molar-refractivity contribution in [1.29, 1.82) is 0 Å². The lowest BCUT2D eigenvalue weighted by Gasteiger charge is -2.35. The van der Waals surface area contributed by atoms with E-state index in [0.29, 0.717) is 24.8 Å². The molecule has 1 aromatic carbocycles. The number of hydrogen-bond donors (Lipinski definition) is 4. The summed E-state index contributed by atoms with van der Waals surface area (Å²) >= 11 is 6.00. The van der Waals surface area contributed by atoms with Crippen LogP contribution in [0.15, 0.2) is 18.2 Å². The van der Waals surface area contributed by atoms with Crippen LogP contribution in [0.3, 0.4) is 0 Å². The molecule has 0 saturated carbocycles. The molecule has 1 unspecified atom stereocenters. The van der Waals surface area contributed by atoms with Crippen LogP contribution >= 0.6 is 11.6 Å². The highest BCUT2D eigenvalue weighted by Crippen LogP contribution is 2.27. The van der Waals surface area contributed by atoms with Crippen molar-refractivity contribution >= 4 is 47.3 Å². The molecule has 2 rings (SSSR count). The number of halogens is 1. The lowest BCUT2D eigenvalue weighted by Crippen LogP contribution is -2.58. The average molecular weight is 481 g/mol. The van der Waals surface area contributed by atoms with Crippen molar-refractivity contribution < 1.29 is 29.1 Å². The van der Waals surface area contributed by atoms with Gasteiger partial charge in [-0.25, -0.2) is 0 Å². The van der Waals surface area contributed by atoms with Gasteiger partial charge in [-0.3, -0.25) is 19.2 Å². The molecule has 5 N–H and O–H groups in total. The predicted octanol–water partition coefficient (Wildman–Crippen LogP) is 1.22. The molecule has 0 aromatic heterocycles. The summed E-state index contributed by atoms with van der Waals surface area (Å²) in [5, 5.41) is 14.2. The van der Waals surface area contributed by atoms with E-state index in [-0.39, 0.29) is 17.1 Å². The second kappa shape index (κ2) is 10.7. The van der Waals surface area contributed by atoms with Gasteiger partial charge in [0.05, 0.1) is 23.2 Å². The van der Waals surface area contributed by atoms with Gasteiger partial charge in [-0.2, -0.15) is 0 Å². The molecule has 33 heavy (non-hydrogen) atoms. The zero-order chi connectivity index (χ0) is 24.9. The van der Waals surface area contributed by atoms with Crippen molar-refractivity contribution in [1.82, 2.24) is 15.5 Å². The van der Waals surface area contributed by atoms with Crippen molar-refractivity contribution in [2.24, 2.45) is 5.41 Å². The van der Waals surface area contributed by atoms with E-state index in [2.05, 4.69) is 10.6 Å². The molecule has 0 bridgehead atoms. The largest absolute Gasteiger partial charge is 0.481 e. The quantitative estimate of drug-likeness (QED) is 0.321. The van der Waals surface area contributed by atoms with E-state index in [9.17, 15) is 24.0 Å². The third-order valence-corrected chi connectivity index (χ3v) is 5.70. The molecule has 1 fully saturated rings. The second-order valence-corrected chi connectivity index (χ2v) is 9.45. The number of likely N-dealkylation sites (tertiary alicyclic amines) is 1. The molecule has 3 atom stereocenters. The Balaban J connectivity index is 2.20. The van der Waals surface area contributed by atoms with E-state index < -0.39 is 53.7 Å². The van der Waals surface area contributed by atoms with Gasteiger partial charge >= 0.3 is 5.97 Å². The molecule has 0 aliphatic carbocycles. The first-order valence-corrected chi connectivity index (χ1v) is 10.9. The number of amides is 3. The number of rotatable bonds is 8. The van der Waals surface area contributed by atoms with Gasteiger partial charge in [0.15, 0.2) is 0 Å². The number of aldehydes is 1. The lowest BCUT2D eigenvalue weighted by atomic mass is 9.85. The summed E-state index contributed by atoms with van der Waals surface area (Å²) < 4.78 is 0. The van der Waals surface area contributed by atoms with Crippen LogP contribution in [0.1, 0.15) is 50.4 Å². The summed E-state index contributed by atoms with van der Waals surface area (Å²) in [6.07, 6.45) is 0.700. The number of hydrogen-bond acceptors (Lipinski definition) is 6. The van der Waals surface area contributed by atoms with Crippen molar-refractivity contribution in [2.75, 3.05) is 12.3 Å². The number of benzene rings is 1. The molecule has 1 aromatic rings. The summed E-state index contributed by atoms with van der Waals surface area (Å²) in [6.45, 7) is 5.64. The Kier molecular flexibility index (Phi) is 8.43. The van der Waals surface area contributed by atoms with Gasteiger partial charge in [0, 0.05) is 12.1 Å². The highest BCUT2D eigenvalue weighted by Gasteiger charge is 2.42. The van der Waals surface area contributed by atoms with Gasteiger partial charge in [0.25, 0.3) is 5.91 Å². The van der Waals surface area contributed by atoms with Crippen LogP contribution in [-0.4, -0.2) is 64.7 Å². The van der Waals surface area contributed by atoms with Crippen molar-refractivity contribution in [3.8, 4) is 0 Å². The number of anilines is 1. The smallest absolute Gasteiger partial charge is 0.305 e. The number of nitrogen functional groups attached to an aromatic ring is 1. The highest BCUT2D eigenvalue weighted by molar-refractivity contribution is 6.33. The summed E-state index contributed by atoms with van der Waals surface area (Å²) in [5.74, 6) is -2.81. The summed E-state index contributed by atoms with van der Waals surface area (Å²) in [4.78, 5) is 62.4. The summed E-state index contributed by atoms with van der Waals surface area (Å²) in [7, 11) is 0. The normalized spacial score (nSPS) is 17.7. The lowest BCUT2D eigenvalue weighted by molar-refractivity contribution is -0.143. The van der Waals surface area contributed by atoms with Gasteiger partial charge in [0.1, 0.15) is 18.4 Å². The molecule has 10 nitrogen and oxygen atoms in total. The fourth-order valence-electron chi connectivity index (χ4n) is 3.60. The van der Waals surface area contributed by atoms with Gasteiger partial charge in [-0.1, -0.05) is 32.4 Å². The zero-order valence-corrected chi connectivity index (χ0v) is 19.5. The number of aliphatic carboxylic acids is 1. The molecule has 0 spiro atoms. The fraction of sp³-hybridized carbons (Fsp3) is 0.500. The minimum absolute atomic E-state index is 0.212. The highest BCUT2D eigenvalue weighted by atomic mass is 35.5. The molecule has 1 aliphatic rings. The maximum atomic E-state index is 13.4. The fourth-order valence-corrected chi connectivity index (χ4v) is 3.78. The molecular formula is C22H29ClN4O6. The van der Waals surface area contributed by atoms with Crippen molar-refractivity contribution in [3.63, 3.8) is 0 Å². The van der Waals surface area contributed by atoms with Gasteiger partial charge in [0.2, 0.25) is 11.8 Å². The van der Waals surface area contributed by atoms with Gasteiger partial charge in [-0.05, 0) is 36.5 Å². The van der Waals surface area contributed by atoms with Crippen molar-refractivity contribution in [3.05, 3.63) is 28.8 Å². The van der Waals surface area contributed by atoms with E-state index in [4.69, 9.17) is 22.4 Å². The van der Waals surface area contributed by atoms with E-state index in [1.54, 1.807) is 20.8 Å². The number of nitrogens with zero attached hydrogens (tertiary/aromatic N) is 1. The molecule has 11 heteroatoms. The molecule has 1 aliphatic heterocycles. The average Bonchev–Trinajstić information content (AvgIpc) is 3.21. The molecule has 1 heterocycles. The number of nitrogens with one attached hydrogen (secondary N) is 2. The standard InChI is InChI=1S/C22H29ClN4O6/c1-22(2,3)18(26-19(31)12-6-7-15(24)14(23)9-12)21(33)27-8-4-5-16(27)20(32)25-13(11-28)10-17(29)30/h6-7,9,11,13,16,18H,4-5,8,10,24H2,1-3H3,(H,25,32)(H,26,31)(H,29,30)/t13-,16-,18?/m0/s1. The van der Waals surface area contributed by atoms with E-state index in [1.165, 1.54) is 23.1 Å². The third kappa shape index (κ3) is 6.67. The Morgan fingerprint density at radius 1 is 1.27 bits per heavy atom. The number of carbonyl (C=O) groups is 5. The molecular weight excluding hydrogens is 452 g/mol. The van der Waals surface area contributed by atoms with Crippen LogP contribution in [0.4, 0.5) is 5.69 Å². The first-order chi connectivity index (χ1) is 15.3. The maximum Gasteiger partial charge on any atom is 0.305 e. The number of nitrogens with two attached hydrogens (primary N) is 1.